The number of pyridine rings is 1. The molecule has 3 aromatic rings. The molecule has 0 radical (unpaired) electrons. The van der Waals surface area contributed by atoms with Crippen molar-refractivity contribution in [3.05, 3.63) is 81.5 Å². The summed E-state index contributed by atoms with van der Waals surface area (Å²) in [6, 6.07) is 17.2. The van der Waals surface area contributed by atoms with Crippen molar-refractivity contribution in [3.63, 3.8) is 0 Å². The molecular formula is C23H20Cl2N2O3. The Balaban J connectivity index is 1.41. The summed E-state index contributed by atoms with van der Waals surface area (Å²) in [4.78, 5) is 17.7. The molecule has 7 heteroatoms. The van der Waals surface area contributed by atoms with Crippen LogP contribution in [0.25, 0.3) is 11.3 Å². The molecule has 0 amide bonds. The summed E-state index contributed by atoms with van der Waals surface area (Å²) in [7, 11) is 0. The van der Waals surface area contributed by atoms with Crippen LogP contribution in [-0.4, -0.2) is 27.5 Å². The second kappa shape index (κ2) is 9.04. The molecule has 0 atom stereocenters. The maximum atomic E-state index is 10.8. The molecule has 0 unspecified atom stereocenters. The molecule has 0 aliphatic carbocycles. The number of hydrogen-bond acceptors (Lipinski definition) is 4. The zero-order valence-electron chi connectivity index (χ0n) is 16.1. The van der Waals surface area contributed by atoms with Gasteiger partial charge < -0.3 is 9.84 Å². The number of rotatable bonds is 7. The van der Waals surface area contributed by atoms with Gasteiger partial charge in [0.25, 0.3) is 0 Å². The first-order valence-corrected chi connectivity index (χ1v) is 10.3. The van der Waals surface area contributed by atoms with Gasteiger partial charge in [-0.05, 0) is 48.0 Å². The van der Waals surface area contributed by atoms with E-state index in [0.717, 1.165) is 40.4 Å². The largest absolute Gasteiger partial charge is 0.489 e. The van der Waals surface area contributed by atoms with Gasteiger partial charge in [0.2, 0.25) is 0 Å². The molecule has 30 heavy (non-hydrogen) atoms. The van der Waals surface area contributed by atoms with E-state index in [4.69, 9.17) is 38.0 Å². The van der Waals surface area contributed by atoms with Crippen molar-refractivity contribution in [2.45, 2.75) is 26.1 Å². The number of carbonyl (C=O) groups is 1. The number of aromatic nitrogens is 1. The quantitative estimate of drug-likeness (QED) is 0.528. The van der Waals surface area contributed by atoms with Crippen LogP contribution in [-0.2, 0) is 24.5 Å². The normalized spacial score (nSPS) is 13.3. The number of aliphatic carboxylic acids is 1. The Labute approximate surface area is 184 Å². The Bertz CT molecular complexity index is 1050. The fraction of sp³-hybridized carbons (Fsp3) is 0.217. The van der Waals surface area contributed by atoms with E-state index in [1.165, 1.54) is 0 Å². The third-order valence-electron chi connectivity index (χ3n) is 5.07. The lowest BCUT2D eigenvalue weighted by Crippen LogP contribution is -2.20. The molecule has 1 aliphatic heterocycles. The predicted octanol–water partition coefficient (Wildman–Crippen LogP) is 5.42. The monoisotopic (exact) mass is 442 g/mol. The number of hydrogen-bond donors (Lipinski definition) is 1. The second-order valence-electron chi connectivity index (χ2n) is 7.17. The van der Waals surface area contributed by atoms with Crippen molar-refractivity contribution in [1.82, 2.24) is 9.88 Å². The van der Waals surface area contributed by atoms with E-state index in [2.05, 4.69) is 11.0 Å². The number of carboxylic acids is 1. The summed E-state index contributed by atoms with van der Waals surface area (Å²) in [5, 5.41) is 10.0. The highest BCUT2D eigenvalue weighted by Crippen LogP contribution is 2.28. The molecule has 0 bridgehead atoms. The first kappa shape index (κ1) is 20.7. The molecule has 154 valence electrons. The maximum Gasteiger partial charge on any atom is 0.304 e. The molecule has 2 heterocycles. The zero-order valence-corrected chi connectivity index (χ0v) is 17.7. The number of ether oxygens (including phenoxy) is 1. The number of carboxylic acid groups (broad SMARTS) is 1. The van der Waals surface area contributed by atoms with Gasteiger partial charge in [0.05, 0.1) is 17.8 Å². The smallest absolute Gasteiger partial charge is 0.304 e. The number of fused-ring (bicyclic) bond motifs is 1. The van der Waals surface area contributed by atoms with E-state index in [1.54, 1.807) is 18.2 Å². The van der Waals surface area contributed by atoms with E-state index in [9.17, 15) is 4.79 Å². The third kappa shape index (κ3) is 4.75. The Morgan fingerprint density at radius 2 is 1.77 bits per heavy atom. The summed E-state index contributed by atoms with van der Waals surface area (Å²) in [5.74, 6) is -0.0607. The third-order valence-corrected chi connectivity index (χ3v) is 5.78. The SMILES string of the molecule is O=C(O)CCN1Cc2ccc(-c3ccc(OCc4c(Cl)cccc4Cl)cc3)nc2C1. The molecule has 5 nitrogen and oxygen atoms in total. The minimum atomic E-state index is -0.779. The predicted molar refractivity (Wildman–Crippen MR) is 117 cm³/mol. The van der Waals surface area contributed by atoms with Crippen molar-refractivity contribution in [1.29, 1.82) is 0 Å². The summed E-state index contributed by atoms with van der Waals surface area (Å²) >= 11 is 12.4. The topological polar surface area (TPSA) is 62.7 Å². The average molecular weight is 443 g/mol. The van der Waals surface area contributed by atoms with E-state index in [0.29, 0.717) is 29.7 Å². The van der Waals surface area contributed by atoms with Gasteiger partial charge in [0.15, 0.2) is 0 Å². The maximum absolute atomic E-state index is 10.8. The highest BCUT2D eigenvalue weighted by atomic mass is 35.5. The number of benzene rings is 2. The molecule has 1 N–H and O–H groups in total. The Morgan fingerprint density at radius 1 is 1.03 bits per heavy atom. The van der Waals surface area contributed by atoms with Gasteiger partial charge in [-0.2, -0.15) is 0 Å². The van der Waals surface area contributed by atoms with Crippen LogP contribution in [0.1, 0.15) is 23.2 Å². The standard InChI is InChI=1S/C23H20Cl2N2O3/c24-19-2-1-3-20(25)18(19)14-30-17-7-4-15(5-8-17)21-9-6-16-12-27(11-10-23(28)29)13-22(16)26-21/h1-9H,10-14H2,(H,28,29). The van der Waals surface area contributed by atoms with E-state index < -0.39 is 5.97 Å². The lowest BCUT2D eigenvalue weighted by atomic mass is 10.1. The van der Waals surface area contributed by atoms with Crippen molar-refractivity contribution in [3.8, 4) is 17.0 Å². The lowest BCUT2D eigenvalue weighted by Gasteiger charge is -2.11. The van der Waals surface area contributed by atoms with Gasteiger partial charge >= 0.3 is 5.97 Å². The first-order valence-electron chi connectivity index (χ1n) is 9.58. The molecule has 0 spiro atoms. The van der Waals surface area contributed by atoms with Gasteiger partial charge in [-0.3, -0.25) is 14.7 Å². The molecule has 4 rings (SSSR count). The van der Waals surface area contributed by atoms with Crippen LogP contribution in [0.4, 0.5) is 0 Å². The average Bonchev–Trinajstić information content (AvgIpc) is 3.14. The lowest BCUT2D eigenvalue weighted by molar-refractivity contribution is -0.137. The fourth-order valence-corrected chi connectivity index (χ4v) is 3.95. The molecule has 2 aromatic carbocycles. The molecule has 0 saturated carbocycles. The summed E-state index contributed by atoms with van der Waals surface area (Å²) in [6.07, 6.45) is 0.141. The van der Waals surface area contributed by atoms with Crippen molar-refractivity contribution < 1.29 is 14.6 Å². The summed E-state index contributed by atoms with van der Waals surface area (Å²) < 4.78 is 5.83. The van der Waals surface area contributed by atoms with Crippen LogP contribution in [0.5, 0.6) is 5.75 Å². The van der Waals surface area contributed by atoms with Crippen LogP contribution in [0.3, 0.4) is 0 Å². The highest BCUT2D eigenvalue weighted by molar-refractivity contribution is 6.35. The van der Waals surface area contributed by atoms with E-state index >= 15 is 0 Å². The van der Waals surface area contributed by atoms with Gasteiger partial charge in [-0.15, -0.1) is 0 Å². The molecule has 1 aromatic heterocycles. The second-order valence-corrected chi connectivity index (χ2v) is 7.98. The molecule has 0 fully saturated rings. The van der Waals surface area contributed by atoms with E-state index in [1.807, 2.05) is 30.3 Å². The Morgan fingerprint density at radius 3 is 2.47 bits per heavy atom. The van der Waals surface area contributed by atoms with Crippen molar-refractivity contribution in [2.75, 3.05) is 6.54 Å². The highest BCUT2D eigenvalue weighted by Gasteiger charge is 2.21. The van der Waals surface area contributed by atoms with Crippen molar-refractivity contribution >= 4 is 29.2 Å². The molecular weight excluding hydrogens is 423 g/mol. The fourth-order valence-electron chi connectivity index (χ4n) is 3.44. The van der Waals surface area contributed by atoms with Crippen molar-refractivity contribution in [2.24, 2.45) is 0 Å². The number of halogens is 2. The van der Waals surface area contributed by atoms with Gasteiger partial charge in [-0.1, -0.05) is 35.3 Å². The zero-order chi connectivity index (χ0) is 21.1. The van der Waals surface area contributed by atoms with E-state index in [-0.39, 0.29) is 6.42 Å². The van der Waals surface area contributed by atoms with Gasteiger partial charge in [0, 0.05) is 40.8 Å². The van der Waals surface area contributed by atoms with Crippen LogP contribution in [0, 0.1) is 0 Å². The summed E-state index contributed by atoms with van der Waals surface area (Å²) in [5.41, 5.74) is 4.80. The van der Waals surface area contributed by atoms with Crippen LogP contribution in [0.15, 0.2) is 54.6 Å². The summed E-state index contributed by atoms with van der Waals surface area (Å²) in [6.45, 7) is 2.24. The van der Waals surface area contributed by atoms with Gasteiger partial charge in [-0.25, -0.2) is 0 Å². The number of nitrogens with zero attached hydrogens (tertiary/aromatic N) is 2. The Hall–Kier alpha value is -2.60. The van der Waals surface area contributed by atoms with Gasteiger partial charge in [0.1, 0.15) is 12.4 Å². The van der Waals surface area contributed by atoms with Crippen LogP contribution < -0.4 is 4.74 Å². The van der Waals surface area contributed by atoms with Crippen LogP contribution >= 0.6 is 23.2 Å². The Kier molecular flexibility index (Phi) is 6.23. The van der Waals surface area contributed by atoms with Crippen LogP contribution in [0.2, 0.25) is 10.0 Å². The minimum absolute atomic E-state index is 0.141. The minimum Gasteiger partial charge on any atom is -0.489 e. The molecule has 1 aliphatic rings. The molecule has 0 saturated heterocycles. The first-order chi connectivity index (χ1) is 14.5.